The summed E-state index contributed by atoms with van der Waals surface area (Å²) in [6.07, 6.45) is 3.23. The smallest absolute Gasteiger partial charge is 0.257 e. The van der Waals surface area contributed by atoms with Crippen molar-refractivity contribution in [3.05, 3.63) is 23.2 Å². The van der Waals surface area contributed by atoms with Crippen LogP contribution in [0.1, 0.15) is 54.5 Å². The van der Waals surface area contributed by atoms with Crippen molar-refractivity contribution in [2.45, 2.75) is 52.6 Å². The highest BCUT2D eigenvalue weighted by Crippen LogP contribution is 2.19. The van der Waals surface area contributed by atoms with Crippen molar-refractivity contribution >= 4 is 11.8 Å². The largest absolute Gasteiger partial charge is 0.466 e. The minimum absolute atomic E-state index is 0.0258. The molecule has 1 saturated heterocycles. The third-order valence-corrected chi connectivity index (χ3v) is 4.19. The number of hydrogen-bond acceptors (Lipinski definition) is 4. The van der Waals surface area contributed by atoms with Crippen LogP contribution in [0.25, 0.3) is 0 Å². The maximum atomic E-state index is 12.9. The SMILES string of the molecule is CCCNC(=O)CCN(CC1CCCO1)C(=O)c1cc(C)oc1C. The number of nitrogens with zero attached hydrogens (tertiary/aromatic N) is 1. The Balaban J connectivity index is 2.02. The minimum Gasteiger partial charge on any atom is -0.466 e. The highest BCUT2D eigenvalue weighted by Gasteiger charge is 2.26. The summed E-state index contributed by atoms with van der Waals surface area (Å²) in [5, 5.41) is 2.85. The van der Waals surface area contributed by atoms with Crippen LogP contribution in [0.5, 0.6) is 0 Å². The second kappa shape index (κ2) is 8.87. The van der Waals surface area contributed by atoms with Crippen LogP contribution in [0.2, 0.25) is 0 Å². The number of rotatable bonds is 8. The summed E-state index contributed by atoms with van der Waals surface area (Å²) in [4.78, 5) is 26.5. The van der Waals surface area contributed by atoms with Crippen LogP contribution in [0.4, 0.5) is 0 Å². The predicted molar refractivity (Wildman–Crippen MR) is 91.0 cm³/mol. The van der Waals surface area contributed by atoms with Crippen molar-refractivity contribution in [1.82, 2.24) is 10.2 Å². The molecule has 1 aromatic rings. The number of aryl methyl sites for hydroxylation is 2. The first-order chi connectivity index (χ1) is 11.5. The van der Waals surface area contributed by atoms with E-state index >= 15 is 0 Å². The topological polar surface area (TPSA) is 71.8 Å². The van der Waals surface area contributed by atoms with Gasteiger partial charge in [-0.3, -0.25) is 9.59 Å². The highest BCUT2D eigenvalue weighted by molar-refractivity contribution is 5.95. The molecule has 0 aromatic carbocycles. The van der Waals surface area contributed by atoms with E-state index in [1.54, 1.807) is 17.9 Å². The summed E-state index contributed by atoms with van der Waals surface area (Å²) in [7, 11) is 0. The molecule has 0 radical (unpaired) electrons. The number of carbonyl (C=O) groups is 2. The molecule has 2 amide bonds. The van der Waals surface area contributed by atoms with Crippen LogP contribution in [0.3, 0.4) is 0 Å². The van der Waals surface area contributed by atoms with E-state index < -0.39 is 0 Å². The number of amides is 2. The monoisotopic (exact) mass is 336 g/mol. The fourth-order valence-electron chi connectivity index (χ4n) is 2.91. The second-order valence-electron chi connectivity index (χ2n) is 6.31. The Morgan fingerprint density at radius 1 is 1.38 bits per heavy atom. The van der Waals surface area contributed by atoms with Gasteiger partial charge in [0.05, 0.1) is 11.7 Å². The van der Waals surface area contributed by atoms with E-state index in [2.05, 4.69) is 5.32 Å². The molecule has 0 aliphatic carbocycles. The van der Waals surface area contributed by atoms with Gasteiger partial charge in [-0.1, -0.05) is 6.92 Å². The summed E-state index contributed by atoms with van der Waals surface area (Å²) in [5.74, 6) is 1.21. The fourth-order valence-corrected chi connectivity index (χ4v) is 2.91. The van der Waals surface area contributed by atoms with Gasteiger partial charge in [-0.15, -0.1) is 0 Å². The molecule has 1 unspecified atom stereocenters. The predicted octanol–water partition coefficient (Wildman–Crippen LogP) is 2.43. The number of hydrogen-bond donors (Lipinski definition) is 1. The molecule has 2 rings (SSSR count). The zero-order chi connectivity index (χ0) is 17.5. The lowest BCUT2D eigenvalue weighted by Crippen LogP contribution is -2.40. The summed E-state index contributed by atoms with van der Waals surface area (Å²) in [5.41, 5.74) is 0.569. The minimum atomic E-state index is -0.0943. The van der Waals surface area contributed by atoms with Crippen LogP contribution in [0.15, 0.2) is 10.5 Å². The van der Waals surface area contributed by atoms with Gasteiger partial charge in [-0.2, -0.15) is 0 Å². The maximum absolute atomic E-state index is 12.9. The number of carbonyl (C=O) groups excluding carboxylic acids is 2. The van der Waals surface area contributed by atoms with Gasteiger partial charge in [0.25, 0.3) is 5.91 Å². The Morgan fingerprint density at radius 2 is 2.17 bits per heavy atom. The molecule has 1 aromatic heterocycles. The van der Waals surface area contributed by atoms with Gasteiger partial charge in [0.1, 0.15) is 11.5 Å². The molecule has 0 spiro atoms. The number of nitrogens with one attached hydrogen (secondary N) is 1. The Hall–Kier alpha value is -1.82. The lowest BCUT2D eigenvalue weighted by atomic mass is 10.1. The van der Waals surface area contributed by atoms with Gasteiger partial charge in [-0.25, -0.2) is 0 Å². The van der Waals surface area contributed by atoms with E-state index in [1.807, 2.05) is 13.8 Å². The Bertz CT molecular complexity index is 561. The lowest BCUT2D eigenvalue weighted by Gasteiger charge is -2.25. The average Bonchev–Trinajstić information content (AvgIpc) is 3.17. The molecule has 1 atom stereocenters. The molecular formula is C18H28N2O4. The van der Waals surface area contributed by atoms with Crippen LogP contribution < -0.4 is 5.32 Å². The van der Waals surface area contributed by atoms with E-state index in [4.69, 9.17) is 9.15 Å². The van der Waals surface area contributed by atoms with Gasteiger partial charge < -0.3 is 19.4 Å². The molecule has 2 heterocycles. The normalized spacial score (nSPS) is 17.0. The second-order valence-corrected chi connectivity index (χ2v) is 6.31. The first kappa shape index (κ1) is 18.5. The van der Waals surface area contributed by atoms with Crippen molar-refractivity contribution in [3.8, 4) is 0 Å². The van der Waals surface area contributed by atoms with Crippen molar-refractivity contribution in [3.63, 3.8) is 0 Å². The Kier molecular flexibility index (Phi) is 6.85. The van der Waals surface area contributed by atoms with E-state index in [1.165, 1.54) is 0 Å². The standard InChI is InChI=1S/C18H28N2O4/c1-4-8-19-17(21)7-9-20(12-15-6-5-10-23-15)18(22)16-11-13(2)24-14(16)3/h11,15H,4-10,12H2,1-3H3,(H,19,21). The Morgan fingerprint density at radius 3 is 2.75 bits per heavy atom. The first-order valence-electron chi connectivity index (χ1n) is 8.75. The van der Waals surface area contributed by atoms with Crippen molar-refractivity contribution in [2.24, 2.45) is 0 Å². The molecule has 0 saturated carbocycles. The van der Waals surface area contributed by atoms with Gasteiger partial charge in [-0.05, 0) is 39.2 Å². The summed E-state index contributed by atoms with van der Waals surface area (Å²) in [6.45, 7) is 7.94. The molecule has 1 fully saturated rings. The molecule has 24 heavy (non-hydrogen) atoms. The third kappa shape index (κ3) is 5.09. The molecule has 0 bridgehead atoms. The summed E-state index contributed by atoms with van der Waals surface area (Å²) < 4.78 is 11.1. The van der Waals surface area contributed by atoms with Crippen LogP contribution >= 0.6 is 0 Å². The van der Waals surface area contributed by atoms with E-state index in [0.29, 0.717) is 43.1 Å². The quantitative estimate of drug-likeness (QED) is 0.791. The van der Waals surface area contributed by atoms with Crippen molar-refractivity contribution in [1.29, 1.82) is 0 Å². The molecule has 134 valence electrons. The zero-order valence-corrected chi connectivity index (χ0v) is 14.9. The summed E-state index contributed by atoms with van der Waals surface area (Å²) >= 11 is 0. The number of furan rings is 1. The van der Waals surface area contributed by atoms with Gasteiger partial charge >= 0.3 is 0 Å². The number of ether oxygens (including phenoxy) is 1. The summed E-state index contributed by atoms with van der Waals surface area (Å²) in [6, 6.07) is 1.76. The van der Waals surface area contributed by atoms with Crippen LogP contribution in [0, 0.1) is 13.8 Å². The molecule has 1 aliphatic heterocycles. The van der Waals surface area contributed by atoms with Gasteiger partial charge in [0, 0.05) is 32.7 Å². The highest BCUT2D eigenvalue weighted by atomic mass is 16.5. The molecule has 1 N–H and O–H groups in total. The van der Waals surface area contributed by atoms with E-state index in [9.17, 15) is 9.59 Å². The fraction of sp³-hybridized carbons (Fsp3) is 0.667. The molecular weight excluding hydrogens is 308 g/mol. The lowest BCUT2D eigenvalue weighted by molar-refractivity contribution is -0.121. The van der Waals surface area contributed by atoms with Gasteiger partial charge in [0.2, 0.25) is 5.91 Å². The average molecular weight is 336 g/mol. The van der Waals surface area contributed by atoms with Crippen molar-refractivity contribution < 1.29 is 18.7 Å². The maximum Gasteiger partial charge on any atom is 0.257 e. The van der Waals surface area contributed by atoms with Crippen LogP contribution in [-0.4, -0.2) is 49.1 Å². The molecule has 1 aliphatic rings. The molecule has 6 heteroatoms. The Labute approximate surface area is 143 Å². The molecule has 6 nitrogen and oxygen atoms in total. The van der Waals surface area contributed by atoms with E-state index in [0.717, 1.165) is 25.9 Å². The van der Waals surface area contributed by atoms with E-state index in [-0.39, 0.29) is 17.9 Å². The first-order valence-corrected chi connectivity index (χ1v) is 8.75. The third-order valence-electron chi connectivity index (χ3n) is 4.19. The van der Waals surface area contributed by atoms with Crippen molar-refractivity contribution in [2.75, 3.05) is 26.2 Å². The van der Waals surface area contributed by atoms with Crippen LogP contribution in [-0.2, 0) is 9.53 Å². The van der Waals surface area contributed by atoms with Gasteiger partial charge in [0.15, 0.2) is 0 Å². The zero-order valence-electron chi connectivity index (χ0n) is 14.9.